The number of hydrogen-bond donors (Lipinski definition) is 2. The maximum Gasteiger partial charge on any atom is 0.442 e. The zero-order valence-electron chi connectivity index (χ0n) is 13.9. The van der Waals surface area contributed by atoms with Crippen molar-refractivity contribution in [2.24, 2.45) is 0 Å². The Morgan fingerprint density at radius 2 is 1.92 bits per heavy atom. The van der Waals surface area contributed by atoms with Crippen molar-refractivity contribution < 1.29 is 14.0 Å². The molecule has 0 spiro atoms. The van der Waals surface area contributed by atoms with Crippen LogP contribution in [0.2, 0.25) is 0 Å². The van der Waals surface area contributed by atoms with Gasteiger partial charge < -0.3 is 5.32 Å². The maximum absolute atomic E-state index is 12.1. The lowest BCUT2D eigenvalue weighted by Gasteiger charge is -2.04. The van der Waals surface area contributed by atoms with E-state index in [-0.39, 0.29) is 11.7 Å². The molecule has 7 heteroatoms. The number of H-pyrrole nitrogens is 1. The van der Waals surface area contributed by atoms with Crippen molar-refractivity contribution in [3.8, 4) is 5.69 Å². The van der Waals surface area contributed by atoms with Gasteiger partial charge in [-0.2, -0.15) is 0 Å². The van der Waals surface area contributed by atoms with Gasteiger partial charge >= 0.3 is 10.7 Å². The Kier molecular flexibility index (Phi) is 5.04. The number of benzene rings is 2. The first-order valence-electron chi connectivity index (χ1n) is 7.73. The molecule has 0 fully saturated rings. The zero-order chi connectivity index (χ0) is 17.8. The van der Waals surface area contributed by atoms with Gasteiger partial charge in [0.05, 0.1) is 5.75 Å². The average molecular weight is 356 g/mol. The largest absolute Gasteiger partial charge is 0.442 e. The van der Waals surface area contributed by atoms with Crippen molar-refractivity contribution in [2.45, 2.75) is 18.9 Å². The molecule has 0 radical (unpaired) electrons. The molecule has 1 amide bonds. The lowest BCUT2D eigenvalue weighted by Crippen LogP contribution is -2.36. The van der Waals surface area contributed by atoms with Crippen LogP contribution in [-0.2, 0) is 4.79 Å². The highest BCUT2D eigenvalue weighted by Crippen LogP contribution is 2.14. The van der Waals surface area contributed by atoms with Gasteiger partial charge in [-0.15, -0.1) is 0 Å². The quantitative estimate of drug-likeness (QED) is 0.544. The van der Waals surface area contributed by atoms with Gasteiger partial charge in [-0.3, -0.25) is 9.32 Å². The molecule has 0 aliphatic carbocycles. The number of aromatic amines is 1. The van der Waals surface area contributed by atoms with Crippen LogP contribution in [0.1, 0.15) is 11.1 Å². The van der Waals surface area contributed by atoms with E-state index in [1.807, 2.05) is 62.4 Å². The number of carbonyl (C=O) groups excluding carboxylic acids is 1. The normalized spacial score (nSPS) is 10.6. The van der Waals surface area contributed by atoms with Crippen LogP contribution in [0, 0.1) is 13.8 Å². The second-order valence-corrected chi connectivity index (χ2v) is 6.63. The van der Waals surface area contributed by atoms with E-state index in [0.29, 0.717) is 5.03 Å². The number of nitrogens with zero attached hydrogens (tertiary/aromatic N) is 1. The van der Waals surface area contributed by atoms with Crippen LogP contribution < -0.4 is 15.6 Å². The van der Waals surface area contributed by atoms with Crippen LogP contribution in [0.5, 0.6) is 0 Å². The van der Waals surface area contributed by atoms with Gasteiger partial charge in [-0.05, 0) is 53.3 Å². The molecule has 0 aliphatic heterocycles. The van der Waals surface area contributed by atoms with E-state index < -0.39 is 5.63 Å². The van der Waals surface area contributed by atoms with Gasteiger partial charge in [-0.1, -0.05) is 29.8 Å². The summed E-state index contributed by atoms with van der Waals surface area (Å²) < 4.78 is 6.41. The predicted molar refractivity (Wildman–Crippen MR) is 96.1 cm³/mol. The molecule has 1 aromatic heterocycles. The number of thioether (sulfide) groups is 1. The number of carbonyl (C=O) groups is 1. The summed E-state index contributed by atoms with van der Waals surface area (Å²) in [4.78, 5) is 24.1. The average Bonchev–Trinajstić information content (AvgIpc) is 2.94. The van der Waals surface area contributed by atoms with E-state index in [1.165, 1.54) is 4.68 Å². The van der Waals surface area contributed by atoms with E-state index in [0.717, 1.165) is 34.3 Å². The van der Waals surface area contributed by atoms with Gasteiger partial charge in [0.2, 0.25) is 11.6 Å². The number of amides is 1. The second kappa shape index (κ2) is 7.40. The van der Waals surface area contributed by atoms with Crippen molar-refractivity contribution in [2.75, 3.05) is 11.1 Å². The maximum atomic E-state index is 12.1. The van der Waals surface area contributed by atoms with Crippen LogP contribution in [0.25, 0.3) is 5.69 Å². The molecule has 0 bridgehead atoms. The fraction of sp³-hybridized carbons (Fsp3) is 0.167. The van der Waals surface area contributed by atoms with Crippen LogP contribution >= 0.6 is 11.8 Å². The van der Waals surface area contributed by atoms with Crippen LogP contribution in [0.4, 0.5) is 5.69 Å². The minimum atomic E-state index is -0.506. The second-order valence-electron chi connectivity index (χ2n) is 5.66. The van der Waals surface area contributed by atoms with E-state index in [9.17, 15) is 9.59 Å². The molecule has 2 N–H and O–H groups in total. The molecule has 0 saturated carbocycles. The lowest BCUT2D eigenvalue weighted by atomic mass is 10.2. The minimum absolute atomic E-state index is 0.0996. The third kappa shape index (κ3) is 4.19. The van der Waals surface area contributed by atoms with Gasteiger partial charge in [0.1, 0.15) is 0 Å². The first kappa shape index (κ1) is 17.0. The number of anilines is 1. The standard InChI is InChI=1S/C18H17N3O3S/c1-12-6-8-15(9-7-12)21-17(18(23)24-20-21)25-11-16(22)19-14-5-3-4-13(2)10-14/h3-10H,11H2,1-2H3,(H-,19,20,22,23)/p+1. The Hall–Kier alpha value is -2.80. The fourth-order valence-electron chi connectivity index (χ4n) is 2.30. The van der Waals surface area contributed by atoms with Crippen LogP contribution in [0.15, 0.2) is 62.9 Å². The Labute approximate surface area is 148 Å². The number of rotatable bonds is 5. The molecule has 3 aromatic rings. The third-order valence-corrected chi connectivity index (χ3v) is 4.57. The third-order valence-electron chi connectivity index (χ3n) is 3.54. The number of nitrogens with one attached hydrogen (secondary N) is 2. The summed E-state index contributed by atoms with van der Waals surface area (Å²) in [6.07, 6.45) is 0. The van der Waals surface area contributed by atoms with Crippen molar-refractivity contribution in [1.29, 1.82) is 0 Å². The highest BCUT2D eigenvalue weighted by atomic mass is 32.2. The Balaban J connectivity index is 1.71. The Morgan fingerprint density at radius 1 is 1.16 bits per heavy atom. The molecule has 6 nitrogen and oxygen atoms in total. The molecule has 0 unspecified atom stereocenters. The fourth-order valence-corrected chi connectivity index (χ4v) is 3.08. The smallest absolute Gasteiger partial charge is 0.325 e. The summed E-state index contributed by atoms with van der Waals surface area (Å²) in [6.45, 7) is 3.94. The summed E-state index contributed by atoms with van der Waals surface area (Å²) in [5, 5.41) is 5.71. The van der Waals surface area contributed by atoms with Crippen molar-refractivity contribution in [3.05, 3.63) is 70.1 Å². The van der Waals surface area contributed by atoms with Gasteiger partial charge in [0, 0.05) is 17.8 Å². The number of aromatic nitrogens is 2. The first-order chi connectivity index (χ1) is 12.0. The van der Waals surface area contributed by atoms with E-state index >= 15 is 0 Å². The molecule has 1 heterocycles. The van der Waals surface area contributed by atoms with E-state index in [4.69, 9.17) is 4.52 Å². The SMILES string of the molecule is Cc1ccc(-[n+]2[nH]oc(=O)c2SCC(=O)Nc2cccc(C)c2)cc1. The lowest BCUT2D eigenvalue weighted by molar-refractivity contribution is -0.704. The summed E-state index contributed by atoms with van der Waals surface area (Å²) >= 11 is 1.12. The number of aryl methyl sites for hydroxylation is 2. The number of hydrogen-bond acceptors (Lipinski definition) is 4. The summed E-state index contributed by atoms with van der Waals surface area (Å²) in [5.74, 6) is -0.0887. The van der Waals surface area contributed by atoms with E-state index in [2.05, 4.69) is 10.6 Å². The predicted octanol–water partition coefficient (Wildman–Crippen LogP) is 2.59. The molecule has 25 heavy (non-hydrogen) atoms. The molecule has 0 saturated heterocycles. The molecule has 0 atom stereocenters. The highest BCUT2D eigenvalue weighted by molar-refractivity contribution is 7.99. The minimum Gasteiger partial charge on any atom is -0.325 e. The molecule has 0 aliphatic rings. The summed E-state index contributed by atoms with van der Waals surface area (Å²) in [7, 11) is 0. The molecular formula is C18H18N3O3S+. The van der Waals surface area contributed by atoms with Gasteiger partial charge in [-0.25, -0.2) is 4.79 Å². The van der Waals surface area contributed by atoms with Crippen LogP contribution in [-0.4, -0.2) is 16.9 Å². The molecule has 128 valence electrons. The summed E-state index contributed by atoms with van der Waals surface area (Å²) in [5.41, 5.74) is 3.17. The topological polar surface area (TPSA) is 79.0 Å². The molecule has 3 rings (SSSR count). The van der Waals surface area contributed by atoms with Crippen molar-refractivity contribution >= 4 is 23.4 Å². The van der Waals surface area contributed by atoms with Gasteiger partial charge in [0.15, 0.2) is 0 Å². The van der Waals surface area contributed by atoms with Crippen molar-refractivity contribution in [1.82, 2.24) is 5.27 Å². The van der Waals surface area contributed by atoms with Crippen molar-refractivity contribution in [3.63, 3.8) is 0 Å². The first-order valence-corrected chi connectivity index (χ1v) is 8.71. The van der Waals surface area contributed by atoms with Crippen LogP contribution in [0.3, 0.4) is 0 Å². The Morgan fingerprint density at radius 3 is 2.64 bits per heavy atom. The molecule has 2 aromatic carbocycles. The summed E-state index contributed by atoms with van der Waals surface area (Å²) in [6, 6.07) is 15.2. The van der Waals surface area contributed by atoms with Gasteiger partial charge in [0.25, 0.3) is 0 Å². The van der Waals surface area contributed by atoms with E-state index in [1.54, 1.807) is 0 Å². The monoisotopic (exact) mass is 356 g/mol. The highest BCUT2D eigenvalue weighted by Gasteiger charge is 2.24. The molecular weight excluding hydrogens is 338 g/mol. The zero-order valence-corrected chi connectivity index (χ0v) is 14.7. The Bertz CT molecular complexity index is 945.